The van der Waals surface area contributed by atoms with Crippen LogP contribution in [-0.4, -0.2) is 20.6 Å². The molecule has 0 fully saturated rings. The maximum absolute atomic E-state index is 12.5. The molecule has 0 aliphatic heterocycles. The molecule has 2 aromatic heterocycles. The number of rotatable bonds is 5. The minimum atomic E-state index is -1.27. The minimum absolute atomic E-state index is 0.126. The van der Waals surface area contributed by atoms with Crippen molar-refractivity contribution in [2.75, 3.05) is 0 Å². The zero-order valence-electron chi connectivity index (χ0n) is 15.4. The smallest absolute Gasteiger partial charge is 0.341 e. The molecule has 8 heteroatoms. The molecular weight excluding hydrogens is 488 g/mol. The number of carboxylic acid groups (broad SMARTS) is 1. The Labute approximate surface area is 189 Å². The van der Waals surface area contributed by atoms with Crippen molar-refractivity contribution >= 4 is 56.3 Å². The van der Waals surface area contributed by atoms with Gasteiger partial charge < -0.3 is 9.67 Å². The van der Waals surface area contributed by atoms with Gasteiger partial charge in [0.05, 0.1) is 5.52 Å². The molecular formula is C22H14BrClN2O3S. The molecule has 0 atom stereocenters. The van der Waals surface area contributed by atoms with Gasteiger partial charge in [-0.1, -0.05) is 41.6 Å². The number of fused-ring (bicyclic) bond motifs is 1. The Balaban J connectivity index is 1.80. The predicted octanol–water partition coefficient (Wildman–Crippen LogP) is 5.71. The van der Waals surface area contributed by atoms with Gasteiger partial charge in [-0.2, -0.15) is 0 Å². The summed E-state index contributed by atoms with van der Waals surface area (Å²) in [4.78, 5) is 30.4. The van der Waals surface area contributed by atoms with Gasteiger partial charge in [-0.3, -0.25) is 4.79 Å². The Morgan fingerprint density at radius 3 is 2.63 bits per heavy atom. The molecule has 0 aliphatic rings. The van der Waals surface area contributed by atoms with Gasteiger partial charge in [-0.05, 0) is 57.9 Å². The number of carboxylic acids is 1. The van der Waals surface area contributed by atoms with Crippen molar-refractivity contribution < 1.29 is 9.90 Å². The van der Waals surface area contributed by atoms with Crippen LogP contribution >= 0.6 is 39.3 Å². The Hall–Kier alpha value is -2.61. The lowest BCUT2D eigenvalue weighted by molar-refractivity contribution is 0.0695. The number of pyridine rings is 2. The lowest BCUT2D eigenvalue weighted by Gasteiger charge is -2.15. The van der Waals surface area contributed by atoms with Crippen molar-refractivity contribution in [3.8, 4) is 0 Å². The molecule has 0 spiro atoms. The zero-order valence-corrected chi connectivity index (χ0v) is 18.5. The molecule has 0 aliphatic carbocycles. The van der Waals surface area contributed by atoms with Crippen molar-refractivity contribution in [2.45, 2.75) is 16.3 Å². The highest BCUT2D eigenvalue weighted by atomic mass is 79.9. The van der Waals surface area contributed by atoms with E-state index in [1.54, 1.807) is 22.4 Å². The molecule has 0 unspecified atom stereocenters. The van der Waals surface area contributed by atoms with Crippen molar-refractivity contribution in [3.63, 3.8) is 0 Å². The first-order valence-electron chi connectivity index (χ1n) is 8.85. The van der Waals surface area contributed by atoms with Crippen LogP contribution in [0.4, 0.5) is 0 Å². The summed E-state index contributed by atoms with van der Waals surface area (Å²) in [6.07, 6.45) is 2.87. The van der Waals surface area contributed by atoms with Gasteiger partial charge in [0.25, 0.3) is 0 Å². The van der Waals surface area contributed by atoms with Gasteiger partial charge in [0.15, 0.2) is 0 Å². The number of hydrogen-bond acceptors (Lipinski definition) is 4. The number of benzene rings is 2. The van der Waals surface area contributed by atoms with Crippen molar-refractivity contribution in [3.05, 3.63) is 97.8 Å². The van der Waals surface area contributed by atoms with Gasteiger partial charge in [0.2, 0.25) is 5.43 Å². The molecule has 0 bridgehead atoms. The van der Waals surface area contributed by atoms with Gasteiger partial charge in [0, 0.05) is 38.2 Å². The maximum atomic E-state index is 12.5. The third kappa shape index (κ3) is 4.28. The van der Waals surface area contributed by atoms with E-state index in [9.17, 15) is 14.7 Å². The van der Waals surface area contributed by atoms with E-state index < -0.39 is 11.4 Å². The number of aromatic carboxylic acids is 1. The normalized spacial score (nSPS) is 11.0. The van der Waals surface area contributed by atoms with Crippen molar-refractivity contribution in [1.82, 2.24) is 9.55 Å². The Morgan fingerprint density at radius 2 is 1.90 bits per heavy atom. The Bertz CT molecular complexity index is 1320. The van der Waals surface area contributed by atoms with Crippen LogP contribution in [0.15, 0.2) is 86.0 Å². The number of nitrogens with zero attached hydrogens (tertiary/aromatic N) is 2. The third-order valence-corrected chi connectivity index (χ3v) is 6.29. The molecule has 1 N–H and O–H groups in total. The van der Waals surface area contributed by atoms with Crippen LogP contribution in [0.3, 0.4) is 0 Å². The van der Waals surface area contributed by atoms with E-state index in [0.29, 0.717) is 21.6 Å². The second-order valence-electron chi connectivity index (χ2n) is 6.49. The van der Waals surface area contributed by atoms with E-state index in [2.05, 4.69) is 20.9 Å². The molecule has 4 rings (SSSR count). The van der Waals surface area contributed by atoms with Crippen LogP contribution in [0, 0.1) is 0 Å². The average molecular weight is 502 g/mol. The minimum Gasteiger partial charge on any atom is -0.477 e. The lowest BCUT2D eigenvalue weighted by Crippen LogP contribution is -2.20. The fourth-order valence-electron chi connectivity index (χ4n) is 3.06. The molecule has 2 aromatic carbocycles. The largest absolute Gasteiger partial charge is 0.477 e. The maximum Gasteiger partial charge on any atom is 0.341 e. The summed E-state index contributed by atoms with van der Waals surface area (Å²) in [6.45, 7) is 0.381. The van der Waals surface area contributed by atoms with E-state index in [4.69, 9.17) is 11.6 Å². The number of halogens is 2. The number of hydrogen-bond donors (Lipinski definition) is 1. The fraction of sp³-hybridized carbons (Fsp3) is 0.0455. The van der Waals surface area contributed by atoms with Crippen LogP contribution in [0.5, 0.6) is 0 Å². The predicted molar refractivity (Wildman–Crippen MR) is 122 cm³/mol. The quantitative estimate of drug-likeness (QED) is 0.379. The van der Waals surface area contributed by atoms with Crippen molar-refractivity contribution in [1.29, 1.82) is 0 Å². The van der Waals surface area contributed by atoms with E-state index in [-0.39, 0.29) is 11.1 Å². The molecule has 0 radical (unpaired) electrons. The van der Waals surface area contributed by atoms with Crippen LogP contribution < -0.4 is 5.43 Å². The van der Waals surface area contributed by atoms with Gasteiger partial charge in [-0.15, -0.1) is 0 Å². The summed E-state index contributed by atoms with van der Waals surface area (Å²) in [7, 11) is 0. The molecule has 5 nitrogen and oxygen atoms in total. The van der Waals surface area contributed by atoms with Crippen LogP contribution in [0.1, 0.15) is 15.9 Å². The number of carbonyl (C=O) groups is 1. The van der Waals surface area contributed by atoms with E-state index in [0.717, 1.165) is 15.4 Å². The first-order chi connectivity index (χ1) is 14.4. The molecule has 0 saturated carbocycles. The average Bonchev–Trinajstić information content (AvgIpc) is 2.72. The highest BCUT2D eigenvalue weighted by Crippen LogP contribution is 2.32. The summed E-state index contributed by atoms with van der Waals surface area (Å²) in [5, 5.41) is 10.1. The van der Waals surface area contributed by atoms with Crippen molar-refractivity contribution in [2.24, 2.45) is 0 Å². The zero-order chi connectivity index (χ0) is 21.3. The first kappa shape index (κ1) is 20.7. The third-order valence-electron chi connectivity index (χ3n) is 4.47. The molecule has 4 aromatic rings. The molecule has 2 heterocycles. The molecule has 0 amide bonds. The SMILES string of the molecule is O=C(O)c1cn(Cc2ccccc2Sc2ccc(Cl)cc2)c2cc(Br)cnc2c1=O. The lowest BCUT2D eigenvalue weighted by atomic mass is 10.1. The second kappa shape index (κ2) is 8.63. The van der Waals surface area contributed by atoms with E-state index >= 15 is 0 Å². The topological polar surface area (TPSA) is 72.2 Å². The summed E-state index contributed by atoms with van der Waals surface area (Å²) in [6, 6.07) is 17.2. The highest BCUT2D eigenvalue weighted by Gasteiger charge is 2.17. The van der Waals surface area contributed by atoms with Crippen LogP contribution in [-0.2, 0) is 6.54 Å². The highest BCUT2D eigenvalue weighted by molar-refractivity contribution is 9.10. The van der Waals surface area contributed by atoms with Gasteiger partial charge >= 0.3 is 5.97 Å². The second-order valence-corrected chi connectivity index (χ2v) is 8.96. The number of aromatic nitrogens is 2. The summed E-state index contributed by atoms with van der Waals surface area (Å²) in [5.74, 6) is -1.27. The first-order valence-corrected chi connectivity index (χ1v) is 10.8. The summed E-state index contributed by atoms with van der Waals surface area (Å²) in [5.41, 5.74) is 0.774. The van der Waals surface area contributed by atoms with Crippen LogP contribution in [0.2, 0.25) is 5.02 Å². The Morgan fingerprint density at radius 1 is 1.17 bits per heavy atom. The molecule has 30 heavy (non-hydrogen) atoms. The standard InChI is InChI=1S/C22H14BrClN2O3S/c23-14-9-18-20(25-10-14)21(27)17(22(28)29)12-26(18)11-13-3-1-2-4-19(13)30-16-7-5-15(24)6-8-16/h1-10,12H,11H2,(H,28,29). The molecule has 150 valence electrons. The Kier molecular flexibility index (Phi) is 5.94. The fourth-order valence-corrected chi connectivity index (χ4v) is 4.45. The van der Waals surface area contributed by atoms with Crippen LogP contribution in [0.25, 0.3) is 11.0 Å². The van der Waals surface area contributed by atoms with E-state index in [1.165, 1.54) is 12.4 Å². The monoisotopic (exact) mass is 500 g/mol. The summed E-state index contributed by atoms with van der Waals surface area (Å²) < 4.78 is 2.45. The van der Waals surface area contributed by atoms with Gasteiger partial charge in [0.1, 0.15) is 11.1 Å². The van der Waals surface area contributed by atoms with E-state index in [1.807, 2.05) is 48.5 Å². The summed E-state index contributed by atoms with van der Waals surface area (Å²) >= 11 is 10.9. The van der Waals surface area contributed by atoms with Gasteiger partial charge in [-0.25, -0.2) is 9.78 Å². The molecule has 0 saturated heterocycles.